The fraction of sp³-hybridized carbons (Fsp3) is 0.393. The molecule has 184 valence electrons. The van der Waals surface area contributed by atoms with E-state index in [2.05, 4.69) is 22.1 Å². The minimum Gasteiger partial charge on any atom is -0.342 e. The average Bonchev–Trinajstić information content (AvgIpc) is 3.21. The van der Waals surface area contributed by atoms with E-state index in [1.54, 1.807) is 17.2 Å². The predicted octanol–water partition coefficient (Wildman–Crippen LogP) is 1.98. The molecule has 0 saturated carbocycles. The molecule has 1 N–H and O–H groups in total. The molecule has 1 atom stereocenters. The van der Waals surface area contributed by atoms with Gasteiger partial charge in [-0.1, -0.05) is 24.0 Å². The highest BCUT2D eigenvalue weighted by molar-refractivity contribution is 6.05. The summed E-state index contributed by atoms with van der Waals surface area (Å²) < 4.78 is 0. The smallest absolute Gasteiger partial charge is 0.255 e. The third-order valence-electron chi connectivity index (χ3n) is 7.17. The Balaban J connectivity index is 1.21. The van der Waals surface area contributed by atoms with Gasteiger partial charge in [0, 0.05) is 55.0 Å². The number of aromatic nitrogens is 1. The molecule has 0 bridgehead atoms. The van der Waals surface area contributed by atoms with Crippen LogP contribution in [-0.4, -0.2) is 57.5 Å². The Hall–Kier alpha value is -3.99. The van der Waals surface area contributed by atoms with Crippen LogP contribution in [0.1, 0.15) is 58.4 Å². The average molecular weight is 485 g/mol. The van der Waals surface area contributed by atoms with Crippen LogP contribution in [0.15, 0.2) is 36.5 Å². The van der Waals surface area contributed by atoms with Gasteiger partial charge in [0.1, 0.15) is 6.04 Å². The second kappa shape index (κ2) is 9.94. The molecule has 8 heteroatoms. The summed E-state index contributed by atoms with van der Waals surface area (Å²) in [6.07, 6.45) is 4.30. The molecule has 1 aromatic heterocycles. The molecule has 36 heavy (non-hydrogen) atoms. The summed E-state index contributed by atoms with van der Waals surface area (Å²) >= 11 is 0. The lowest BCUT2D eigenvalue weighted by molar-refractivity contribution is -0.137. The quantitative estimate of drug-likeness (QED) is 0.531. The topological polar surface area (TPSA) is 99.7 Å². The van der Waals surface area contributed by atoms with Gasteiger partial charge in [0.2, 0.25) is 17.7 Å². The minimum absolute atomic E-state index is 0.111. The Labute approximate surface area is 210 Å². The van der Waals surface area contributed by atoms with Crippen molar-refractivity contribution in [1.29, 1.82) is 0 Å². The van der Waals surface area contributed by atoms with Crippen LogP contribution in [0.5, 0.6) is 0 Å². The van der Waals surface area contributed by atoms with E-state index in [0.717, 1.165) is 35.2 Å². The first kappa shape index (κ1) is 23.7. The summed E-state index contributed by atoms with van der Waals surface area (Å²) in [6.45, 7) is 3.58. The first-order chi connectivity index (χ1) is 17.4. The van der Waals surface area contributed by atoms with Crippen molar-refractivity contribution in [1.82, 2.24) is 20.1 Å². The largest absolute Gasteiger partial charge is 0.342 e. The molecule has 3 aliphatic heterocycles. The summed E-state index contributed by atoms with van der Waals surface area (Å²) in [6, 6.07) is 8.71. The zero-order chi connectivity index (χ0) is 25.2. The Morgan fingerprint density at radius 2 is 1.92 bits per heavy atom. The van der Waals surface area contributed by atoms with E-state index in [4.69, 9.17) is 0 Å². The molecule has 5 rings (SSSR count). The lowest BCUT2D eigenvalue weighted by Crippen LogP contribution is -2.52. The van der Waals surface area contributed by atoms with Gasteiger partial charge in [-0.05, 0) is 55.5 Å². The van der Waals surface area contributed by atoms with Gasteiger partial charge in [-0.2, -0.15) is 0 Å². The maximum absolute atomic E-state index is 13.0. The molecule has 4 amide bonds. The summed E-state index contributed by atoms with van der Waals surface area (Å²) in [4.78, 5) is 57.2. The number of nitrogens with zero attached hydrogens (tertiary/aromatic N) is 3. The van der Waals surface area contributed by atoms with Crippen molar-refractivity contribution in [2.45, 2.75) is 51.6 Å². The highest BCUT2D eigenvalue weighted by atomic mass is 16.2. The lowest BCUT2D eigenvalue weighted by atomic mass is 9.95. The Morgan fingerprint density at radius 3 is 2.64 bits per heavy atom. The number of pyridine rings is 1. The molecule has 2 fully saturated rings. The third-order valence-corrected chi connectivity index (χ3v) is 7.17. The first-order valence-electron chi connectivity index (χ1n) is 12.4. The number of piperidine rings is 2. The third kappa shape index (κ3) is 4.87. The highest BCUT2D eigenvalue weighted by Gasteiger charge is 2.39. The molecule has 1 aromatic carbocycles. The van der Waals surface area contributed by atoms with Gasteiger partial charge in [0.25, 0.3) is 5.91 Å². The van der Waals surface area contributed by atoms with E-state index < -0.39 is 11.9 Å². The van der Waals surface area contributed by atoms with Gasteiger partial charge < -0.3 is 9.80 Å². The van der Waals surface area contributed by atoms with Gasteiger partial charge in [-0.3, -0.25) is 29.5 Å². The molecule has 0 radical (unpaired) electrons. The van der Waals surface area contributed by atoms with Crippen LogP contribution in [0.3, 0.4) is 0 Å². The summed E-state index contributed by atoms with van der Waals surface area (Å²) in [5, 5.41) is 2.33. The number of amides is 4. The lowest BCUT2D eigenvalue weighted by Gasteiger charge is -2.30. The van der Waals surface area contributed by atoms with Crippen molar-refractivity contribution >= 4 is 23.6 Å². The zero-order valence-corrected chi connectivity index (χ0v) is 20.3. The van der Waals surface area contributed by atoms with Gasteiger partial charge in [-0.25, -0.2) is 0 Å². The molecule has 3 aliphatic rings. The van der Waals surface area contributed by atoms with E-state index >= 15 is 0 Å². The molecular weight excluding hydrogens is 456 g/mol. The first-order valence-corrected chi connectivity index (χ1v) is 12.4. The number of likely N-dealkylation sites (tertiary alicyclic amines) is 1. The van der Waals surface area contributed by atoms with Crippen molar-refractivity contribution in [3.8, 4) is 11.8 Å². The van der Waals surface area contributed by atoms with E-state index in [1.165, 1.54) is 0 Å². The summed E-state index contributed by atoms with van der Waals surface area (Å²) in [5.74, 6) is 6.00. The number of aryl methyl sites for hydroxylation is 1. The molecule has 1 unspecified atom stereocenters. The second-order valence-electron chi connectivity index (χ2n) is 9.64. The van der Waals surface area contributed by atoms with E-state index in [0.29, 0.717) is 38.0 Å². The van der Waals surface area contributed by atoms with E-state index in [1.807, 2.05) is 36.1 Å². The van der Waals surface area contributed by atoms with Crippen LogP contribution in [0.2, 0.25) is 0 Å². The minimum atomic E-state index is -0.638. The van der Waals surface area contributed by atoms with Crippen molar-refractivity contribution < 1.29 is 19.2 Å². The maximum Gasteiger partial charge on any atom is 0.255 e. The zero-order valence-electron chi connectivity index (χ0n) is 20.3. The van der Waals surface area contributed by atoms with Crippen LogP contribution in [-0.2, 0) is 27.3 Å². The highest BCUT2D eigenvalue weighted by Crippen LogP contribution is 2.29. The summed E-state index contributed by atoms with van der Waals surface area (Å²) in [5.41, 5.74) is 4.05. The van der Waals surface area contributed by atoms with Crippen LogP contribution >= 0.6 is 0 Å². The Morgan fingerprint density at radius 1 is 1.11 bits per heavy atom. The molecule has 2 aromatic rings. The van der Waals surface area contributed by atoms with E-state index in [-0.39, 0.29) is 30.1 Å². The number of nitrogens with one attached hydrogen (secondary N) is 1. The standard InChI is InChI=1S/C28H28N4O4/c1-18-5-6-20(16-29-18)15-26(34)31-13-11-19(12-14-31)7-8-21-3-2-4-22-23(21)17-32(28(22)36)24-9-10-25(33)30-27(24)35/h2-6,16,19,24H,9-15,17H2,1H3,(H,30,33,35). The van der Waals surface area contributed by atoms with Crippen LogP contribution in [0.25, 0.3) is 0 Å². The predicted molar refractivity (Wildman–Crippen MR) is 131 cm³/mol. The monoisotopic (exact) mass is 484 g/mol. The number of hydrogen-bond donors (Lipinski definition) is 1. The number of rotatable bonds is 3. The van der Waals surface area contributed by atoms with Crippen LogP contribution in [0.4, 0.5) is 0 Å². The molecular formula is C28H28N4O4. The second-order valence-corrected chi connectivity index (χ2v) is 9.64. The molecule has 8 nitrogen and oxygen atoms in total. The summed E-state index contributed by atoms with van der Waals surface area (Å²) in [7, 11) is 0. The SMILES string of the molecule is Cc1ccc(CC(=O)N2CCC(C#Cc3cccc4c3CN(C3CCC(=O)NC3=O)C4=O)CC2)cn1. The number of imide groups is 1. The Kier molecular flexibility index (Phi) is 6.55. The Bertz CT molecular complexity index is 1280. The van der Waals surface area contributed by atoms with Gasteiger partial charge in [0.05, 0.1) is 6.42 Å². The number of fused-ring (bicyclic) bond motifs is 1. The maximum atomic E-state index is 13.0. The number of carbonyl (C=O) groups excluding carboxylic acids is 4. The molecule has 2 saturated heterocycles. The molecule has 0 aliphatic carbocycles. The molecule has 0 spiro atoms. The number of benzene rings is 1. The fourth-order valence-corrected chi connectivity index (χ4v) is 5.05. The van der Waals surface area contributed by atoms with Crippen molar-refractivity contribution in [2.24, 2.45) is 5.92 Å². The fourth-order valence-electron chi connectivity index (χ4n) is 5.05. The van der Waals surface area contributed by atoms with Gasteiger partial charge in [-0.15, -0.1) is 0 Å². The van der Waals surface area contributed by atoms with Crippen molar-refractivity contribution in [2.75, 3.05) is 13.1 Å². The number of carbonyl (C=O) groups is 4. The van der Waals surface area contributed by atoms with Crippen molar-refractivity contribution in [3.05, 3.63) is 64.5 Å². The van der Waals surface area contributed by atoms with E-state index in [9.17, 15) is 19.2 Å². The number of hydrogen-bond acceptors (Lipinski definition) is 5. The van der Waals surface area contributed by atoms with Gasteiger partial charge >= 0.3 is 0 Å². The van der Waals surface area contributed by atoms with Crippen LogP contribution in [0, 0.1) is 24.7 Å². The van der Waals surface area contributed by atoms with Crippen LogP contribution < -0.4 is 5.32 Å². The molecule has 4 heterocycles. The van der Waals surface area contributed by atoms with Gasteiger partial charge in [0.15, 0.2) is 0 Å². The normalized spacial score (nSPS) is 20.0. The van der Waals surface area contributed by atoms with Crippen molar-refractivity contribution in [3.63, 3.8) is 0 Å².